The molecule has 100 valence electrons. The minimum Gasteiger partial charge on any atom is -0.383 e. The van der Waals surface area contributed by atoms with Crippen molar-refractivity contribution in [2.24, 2.45) is 0 Å². The normalized spacial score (nSPS) is 12.2. The number of hydrogen-bond donors (Lipinski definition) is 2. The minimum atomic E-state index is -0.798. The Labute approximate surface area is 104 Å². The van der Waals surface area contributed by atoms with Gasteiger partial charge < -0.3 is 15.4 Å². The number of hydrogen-bond acceptors (Lipinski definition) is 3. The van der Waals surface area contributed by atoms with Crippen molar-refractivity contribution in [3.8, 4) is 0 Å². The molecule has 2 N–H and O–H groups in total. The van der Waals surface area contributed by atoms with Crippen LogP contribution in [0.15, 0.2) is 18.2 Å². The summed E-state index contributed by atoms with van der Waals surface area (Å²) in [6.45, 7) is 2.24. The molecule has 1 unspecified atom stereocenters. The molecule has 1 amide bonds. The highest BCUT2D eigenvalue weighted by molar-refractivity contribution is 5.92. The van der Waals surface area contributed by atoms with Crippen molar-refractivity contribution in [1.82, 2.24) is 5.32 Å². The number of halogens is 2. The van der Waals surface area contributed by atoms with Crippen molar-refractivity contribution < 1.29 is 18.3 Å². The highest BCUT2D eigenvalue weighted by Gasteiger charge is 2.12. The van der Waals surface area contributed by atoms with Gasteiger partial charge in [0, 0.05) is 13.2 Å². The van der Waals surface area contributed by atoms with E-state index in [1.165, 1.54) is 6.07 Å². The lowest BCUT2D eigenvalue weighted by Crippen LogP contribution is -2.37. The average molecular weight is 258 g/mol. The van der Waals surface area contributed by atoms with Gasteiger partial charge in [0.15, 0.2) is 0 Å². The summed E-state index contributed by atoms with van der Waals surface area (Å²) in [5.74, 6) is -2.11. The first kappa shape index (κ1) is 14.5. The van der Waals surface area contributed by atoms with Gasteiger partial charge in [-0.25, -0.2) is 8.78 Å². The second-order valence-corrected chi connectivity index (χ2v) is 3.88. The summed E-state index contributed by atoms with van der Waals surface area (Å²) < 4.78 is 31.3. The van der Waals surface area contributed by atoms with E-state index in [4.69, 9.17) is 4.74 Å². The zero-order chi connectivity index (χ0) is 13.5. The van der Waals surface area contributed by atoms with Crippen LogP contribution in [-0.2, 0) is 9.53 Å². The third-order valence-electron chi connectivity index (χ3n) is 2.25. The Morgan fingerprint density at radius 1 is 1.39 bits per heavy atom. The Bertz CT molecular complexity index is 393. The first-order chi connectivity index (χ1) is 8.54. The van der Waals surface area contributed by atoms with E-state index in [1.54, 1.807) is 7.11 Å². The Kier molecular flexibility index (Phi) is 5.67. The van der Waals surface area contributed by atoms with Crippen LogP contribution in [-0.4, -0.2) is 32.2 Å². The number of amides is 1. The molecule has 4 nitrogen and oxygen atoms in total. The largest absolute Gasteiger partial charge is 0.383 e. The smallest absolute Gasteiger partial charge is 0.238 e. The predicted molar refractivity (Wildman–Crippen MR) is 64.3 cm³/mol. The monoisotopic (exact) mass is 258 g/mol. The maximum atomic E-state index is 13.2. The molecule has 1 atom stereocenters. The summed E-state index contributed by atoms with van der Waals surface area (Å²) in [4.78, 5) is 11.5. The molecule has 1 aromatic carbocycles. The standard InChI is InChI=1S/C12H16F2N2O2/c1-8(7-18-2)15-6-11(17)16-12-9(13)4-3-5-10(12)14/h3-5,8,15H,6-7H2,1-2H3,(H,16,17). The molecule has 0 aliphatic rings. The van der Waals surface area contributed by atoms with Gasteiger partial charge >= 0.3 is 0 Å². The molecule has 18 heavy (non-hydrogen) atoms. The molecule has 6 heteroatoms. The Morgan fingerprint density at radius 2 is 2.00 bits per heavy atom. The van der Waals surface area contributed by atoms with Gasteiger partial charge in [-0.2, -0.15) is 0 Å². The van der Waals surface area contributed by atoms with Crippen LogP contribution >= 0.6 is 0 Å². The number of carbonyl (C=O) groups excluding carboxylic acids is 1. The number of rotatable bonds is 6. The maximum Gasteiger partial charge on any atom is 0.238 e. The number of para-hydroxylation sites is 1. The van der Waals surface area contributed by atoms with E-state index >= 15 is 0 Å². The van der Waals surface area contributed by atoms with Crippen LogP contribution in [0, 0.1) is 11.6 Å². The van der Waals surface area contributed by atoms with Crippen molar-refractivity contribution in [3.63, 3.8) is 0 Å². The van der Waals surface area contributed by atoms with Crippen molar-refractivity contribution in [2.45, 2.75) is 13.0 Å². The fourth-order valence-corrected chi connectivity index (χ4v) is 1.38. The molecule has 0 saturated heterocycles. The van der Waals surface area contributed by atoms with E-state index in [0.717, 1.165) is 12.1 Å². The number of benzene rings is 1. The molecule has 1 rings (SSSR count). The van der Waals surface area contributed by atoms with Gasteiger partial charge in [0.2, 0.25) is 5.91 Å². The van der Waals surface area contributed by atoms with E-state index in [1.807, 2.05) is 6.92 Å². The van der Waals surface area contributed by atoms with Gasteiger partial charge in [-0.15, -0.1) is 0 Å². The van der Waals surface area contributed by atoms with Crippen molar-refractivity contribution >= 4 is 11.6 Å². The second-order valence-electron chi connectivity index (χ2n) is 3.88. The van der Waals surface area contributed by atoms with Crippen LogP contribution in [0.5, 0.6) is 0 Å². The van der Waals surface area contributed by atoms with Gasteiger partial charge in [-0.05, 0) is 19.1 Å². The minimum absolute atomic E-state index is 0.0220. The fraction of sp³-hybridized carbons (Fsp3) is 0.417. The molecule has 0 bridgehead atoms. The quantitative estimate of drug-likeness (QED) is 0.813. The maximum absolute atomic E-state index is 13.2. The molecule has 0 radical (unpaired) electrons. The van der Waals surface area contributed by atoms with E-state index in [9.17, 15) is 13.6 Å². The molecule has 0 fully saturated rings. The summed E-state index contributed by atoms with van der Waals surface area (Å²) in [7, 11) is 1.55. The summed E-state index contributed by atoms with van der Waals surface area (Å²) in [6, 6.07) is 3.38. The number of methoxy groups -OCH3 is 1. The molecule has 0 aliphatic carbocycles. The summed E-state index contributed by atoms with van der Waals surface area (Å²) in [6.07, 6.45) is 0. The third kappa shape index (κ3) is 4.38. The lowest BCUT2D eigenvalue weighted by Gasteiger charge is -2.13. The topological polar surface area (TPSA) is 50.4 Å². The number of nitrogens with one attached hydrogen (secondary N) is 2. The van der Waals surface area contributed by atoms with Crippen LogP contribution in [0.2, 0.25) is 0 Å². The van der Waals surface area contributed by atoms with Crippen LogP contribution < -0.4 is 10.6 Å². The summed E-state index contributed by atoms with van der Waals surface area (Å²) in [5.41, 5.74) is -0.427. The molecule has 0 aliphatic heterocycles. The van der Waals surface area contributed by atoms with Crippen molar-refractivity contribution in [2.75, 3.05) is 25.6 Å². The van der Waals surface area contributed by atoms with Crippen molar-refractivity contribution in [3.05, 3.63) is 29.8 Å². The van der Waals surface area contributed by atoms with E-state index in [0.29, 0.717) is 6.61 Å². The van der Waals surface area contributed by atoms with Gasteiger partial charge in [0.25, 0.3) is 0 Å². The van der Waals surface area contributed by atoms with Crippen molar-refractivity contribution in [1.29, 1.82) is 0 Å². The Morgan fingerprint density at radius 3 is 2.56 bits per heavy atom. The third-order valence-corrected chi connectivity index (χ3v) is 2.25. The zero-order valence-electron chi connectivity index (χ0n) is 10.3. The number of anilines is 1. The van der Waals surface area contributed by atoms with E-state index in [-0.39, 0.29) is 12.6 Å². The van der Waals surface area contributed by atoms with Gasteiger partial charge in [0.05, 0.1) is 13.2 Å². The lowest BCUT2D eigenvalue weighted by molar-refractivity contribution is -0.115. The molecular formula is C12H16F2N2O2. The number of carbonyl (C=O) groups is 1. The molecule has 1 aromatic rings. The predicted octanol–water partition coefficient (Wildman–Crippen LogP) is 1.53. The van der Waals surface area contributed by atoms with E-state index in [2.05, 4.69) is 10.6 Å². The summed E-state index contributed by atoms with van der Waals surface area (Å²) >= 11 is 0. The fourth-order valence-electron chi connectivity index (χ4n) is 1.38. The second kappa shape index (κ2) is 7.03. The molecule has 0 heterocycles. The van der Waals surface area contributed by atoms with Crippen LogP contribution in [0.1, 0.15) is 6.92 Å². The van der Waals surface area contributed by atoms with Crippen LogP contribution in [0.3, 0.4) is 0 Å². The highest BCUT2D eigenvalue weighted by atomic mass is 19.1. The number of ether oxygens (including phenoxy) is 1. The molecular weight excluding hydrogens is 242 g/mol. The van der Waals surface area contributed by atoms with E-state index < -0.39 is 23.2 Å². The zero-order valence-corrected chi connectivity index (χ0v) is 10.3. The Hall–Kier alpha value is -1.53. The summed E-state index contributed by atoms with van der Waals surface area (Å²) in [5, 5.41) is 5.04. The SMILES string of the molecule is COCC(C)NCC(=O)Nc1c(F)cccc1F. The molecule has 0 aromatic heterocycles. The first-order valence-corrected chi connectivity index (χ1v) is 5.50. The van der Waals surface area contributed by atoms with Gasteiger partial charge in [-0.1, -0.05) is 6.07 Å². The lowest BCUT2D eigenvalue weighted by atomic mass is 10.3. The Balaban J connectivity index is 2.50. The van der Waals surface area contributed by atoms with Gasteiger partial charge in [0.1, 0.15) is 17.3 Å². The highest BCUT2D eigenvalue weighted by Crippen LogP contribution is 2.17. The van der Waals surface area contributed by atoms with Crippen LogP contribution in [0.25, 0.3) is 0 Å². The van der Waals surface area contributed by atoms with Crippen LogP contribution in [0.4, 0.5) is 14.5 Å². The first-order valence-electron chi connectivity index (χ1n) is 5.50. The average Bonchev–Trinajstić information content (AvgIpc) is 2.32. The van der Waals surface area contributed by atoms with Gasteiger partial charge in [-0.3, -0.25) is 4.79 Å². The molecule has 0 saturated carbocycles. The molecule has 0 spiro atoms.